The fourth-order valence-corrected chi connectivity index (χ4v) is 2.82. The van der Waals surface area contributed by atoms with Crippen LogP contribution in [0.3, 0.4) is 0 Å². The second-order valence-corrected chi connectivity index (χ2v) is 6.12. The molecular weight excluding hydrogens is 340 g/mol. The summed E-state index contributed by atoms with van der Waals surface area (Å²) in [5.41, 5.74) is 8.62. The number of pyridine rings is 1. The summed E-state index contributed by atoms with van der Waals surface area (Å²) in [7, 11) is 1.65. The van der Waals surface area contributed by atoms with Gasteiger partial charge in [-0.15, -0.1) is 12.4 Å². The summed E-state index contributed by atoms with van der Waals surface area (Å²) in [6.07, 6.45) is 6.42. The van der Waals surface area contributed by atoms with Gasteiger partial charge in [-0.1, -0.05) is 17.3 Å². The van der Waals surface area contributed by atoms with Crippen molar-refractivity contribution >= 4 is 12.4 Å². The van der Waals surface area contributed by atoms with Crippen LogP contribution >= 0.6 is 12.4 Å². The van der Waals surface area contributed by atoms with E-state index in [0.29, 0.717) is 11.7 Å². The Kier molecular flexibility index (Phi) is 4.74. The van der Waals surface area contributed by atoms with Crippen LogP contribution in [0.1, 0.15) is 25.1 Å². The lowest BCUT2D eigenvalue weighted by Gasteiger charge is -2.34. The number of hydrogen-bond donors (Lipinski definition) is 1. The molecule has 3 aromatic rings. The fraction of sp³-hybridized carbons (Fsp3) is 0.278. The van der Waals surface area contributed by atoms with Gasteiger partial charge in [-0.3, -0.25) is 4.98 Å². The minimum absolute atomic E-state index is 0. The molecule has 1 saturated carbocycles. The third-order valence-electron chi connectivity index (χ3n) is 4.53. The lowest BCUT2D eigenvalue weighted by molar-refractivity contribution is 0.229. The molecule has 0 bridgehead atoms. The zero-order chi connectivity index (χ0) is 16.6. The standard InChI is InChI=1S/C18H18N4O2.ClH/c1-23-15-5-3-12(4-6-15)13-9-14(11-20-10-13)16-21-17(22-24-16)18(19)7-2-8-18;/h3-6,9-11H,2,7-8,19H2,1H3;1H. The second kappa shape index (κ2) is 6.82. The molecule has 7 heteroatoms. The van der Waals surface area contributed by atoms with Crippen molar-refractivity contribution in [3.63, 3.8) is 0 Å². The largest absolute Gasteiger partial charge is 0.497 e. The van der Waals surface area contributed by atoms with Gasteiger partial charge < -0.3 is 15.0 Å². The molecule has 1 aromatic carbocycles. The Hall–Kier alpha value is -2.44. The van der Waals surface area contributed by atoms with Crippen LogP contribution in [-0.2, 0) is 5.54 Å². The van der Waals surface area contributed by atoms with E-state index in [2.05, 4.69) is 15.1 Å². The van der Waals surface area contributed by atoms with Crippen molar-refractivity contribution in [1.29, 1.82) is 0 Å². The summed E-state index contributed by atoms with van der Waals surface area (Å²) in [6, 6.07) is 9.80. The van der Waals surface area contributed by atoms with E-state index in [1.165, 1.54) is 0 Å². The van der Waals surface area contributed by atoms with Gasteiger partial charge in [-0.25, -0.2) is 0 Å². The van der Waals surface area contributed by atoms with Crippen LogP contribution in [-0.4, -0.2) is 22.2 Å². The highest BCUT2D eigenvalue weighted by molar-refractivity contribution is 5.85. The summed E-state index contributed by atoms with van der Waals surface area (Å²) >= 11 is 0. The Morgan fingerprint density at radius 1 is 1.08 bits per heavy atom. The summed E-state index contributed by atoms with van der Waals surface area (Å²) < 4.78 is 10.6. The Bertz CT molecular complexity index is 860. The van der Waals surface area contributed by atoms with Crippen LogP contribution in [0.2, 0.25) is 0 Å². The number of halogens is 1. The molecule has 2 heterocycles. The van der Waals surface area contributed by atoms with E-state index in [1.54, 1.807) is 19.5 Å². The molecule has 1 aliphatic carbocycles. The van der Waals surface area contributed by atoms with Gasteiger partial charge in [0.25, 0.3) is 5.89 Å². The maximum absolute atomic E-state index is 6.25. The zero-order valence-electron chi connectivity index (χ0n) is 13.8. The SMILES string of the molecule is COc1ccc(-c2cncc(-c3nc(C4(N)CCC4)no3)c2)cc1.Cl. The number of methoxy groups -OCH3 is 1. The quantitative estimate of drug-likeness (QED) is 0.767. The molecule has 4 rings (SSSR count). The topological polar surface area (TPSA) is 87.1 Å². The molecule has 0 aliphatic heterocycles. The third-order valence-corrected chi connectivity index (χ3v) is 4.53. The van der Waals surface area contributed by atoms with Crippen LogP contribution in [0.5, 0.6) is 5.75 Å². The van der Waals surface area contributed by atoms with Crippen molar-refractivity contribution in [2.24, 2.45) is 5.73 Å². The van der Waals surface area contributed by atoms with Crippen LogP contribution in [0, 0.1) is 0 Å². The van der Waals surface area contributed by atoms with Gasteiger partial charge in [0.1, 0.15) is 5.75 Å². The molecule has 0 spiro atoms. The van der Waals surface area contributed by atoms with E-state index in [4.69, 9.17) is 15.0 Å². The van der Waals surface area contributed by atoms with Gasteiger partial charge in [0.05, 0.1) is 18.2 Å². The molecule has 0 atom stereocenters. The molecule has 1 aliphatic rings. The van der Waals surface area contributed by atoms with Crippen LogP contribution in [0.4, 0.5) is 0 Å². The molecule has 0 radical (unpaired) electrons. The van der Waals surface area contributed by atoms with E-state index in [1.807, 2.05) is 30.3 Å². The number of nitrogens with two attached hydrogens (primary N) is 1. The second-order valence-electron chi connectivity index (χ2n) is 6.12. The zero-order valence-corrected chi connectivity index (χ0v) is 14.6. The molecular formula is C18H19ClN4O2. The van der Waals surface area contributed by atoms with Gasteiger partial charge in [-0.2, -0.15) is 4.98 Å². The van der Waals surface area contributed by atoms with Gasteiger partial charge >= 0.3 is 0 Å². The van der Waals surface area contributed by atoms with Crippen molar-refractivity contribution in [2.75, 3.05) is 7.11 Å². The average Bonchev–Trinajstić information content (AvgIpc) is 3.10. The van der Waals surface area contributed by atoms with Crippen molar-refractivity contribution in [3.05, 3.63) is 48.5 Å². The van der Waals surface area contributed by atoms with E-state index in [-0.39, 0.29) is 12.4 Å². The Morgan fingerprint density at radius 3 is 2.44 bits per heavy atom. The molecule has 25 heavy (non-hydrogen) atoms. The van der Waals surface area contributed by atoms with E-state index in [0.717, 1.165) is 41.7 Å². The minimum Gasteiger partial charge on any atom is -0.497 e. The number of hydrogen-bond acceptors (Lipinski definition) is 6. The number of benzene rings is 1. The van der Waals surface area contributed by atoms with Crippen molar-refractivity contribution in [2.45, 2.75) is 24.8 Å². The van der Waals surface area contributed by atoms with Gasteiger partial charge in [0.2, 0.25) is 0 Å². The first-order valence-corrected chi connectivity index (χ1v) is 7.91. The first-order valence-electron chi connectivity index (χ1n) is 7.91. The molecule has 1 fully saturated rings. The first-order chi connectivity index (χ1) is 11.7. The summed E-state index contributed by atoms with van der Waals surface area (Å²) in [4.78, 5) is 8.77. The highest BCUT2D eigenvalue weighted by atomic mass is 35.5. The monoisotopic (exact) mass is 358 g/mol. The minimum atomic E-state index is -0.428. The van der Waals surface area contributed by atoms with Crippen molar-refractivity contribution < 1.29 is 9.26 Å². The maximum Gasteiger partial charge on any atom is 0.259 e. The lowest BCUT2D eigenvalue weighted by Crippen LogP contribution is -2.44. The molecule has 0 saturated heterocycles. The summed E-state index contributed by atoms with van der Waals surface area (Å²) in [6.45, 7) is 0. The van der Waals surface area contributed by atoms with Gasteiger partial charge in [0, 0.05) is 18.0 Å². The Morgan fingerprint density at radius 2 is 1.80 bits per heavy atom. The molecule has 6 nitrogen and oxygen atoms in total. The molecule has 2 aromatic heterocycles. The number of rotatable bonds is 4. The Balaban J connectivity index is 0.00000182. The number of ether oxygens (including phenoxy) is 1. The highest BCUT2D eigenvalue weighted by Crippen LogP contribution is 2.37. The van der Waals surface area contributed by atoms with Crippen LogP contribution < -0.4 is 10.5 Å². The lowest BCUT2D eigenvalue weighted by atomic mass is 9.77. The first kappa shape index (κ1) is 17.4. The van der Waals surface area contributed by atoms with Crippen LogP contribution in [0.25, 0.3) is 22.6 Å². The Labute approximate surface area is 151 Å². The number of aromatic nitrogens is 3. The molecule has 0 unspecified atom stereocenters. The maximum atomic E-state index is 6.25. The van der Waals surface area contributed by atoms with Crippen LogP contribution in [0.15, 0.2) is 47.2 Å². The van der Waals surface area contributed by atoms with Crippen molar-refractivity contribution in [1.82, 2.24) is 15.1 Å². The van der Waals surface area contributed by atoms with E-state index >= 15 is 0 Å². The summed E-state index contributed by atoms with van der Waals surface area (Å²) in [5, 5.41) is 4.06. The van der Waals surface area contributed by atoms with E-state index < -0.39 is 5.54 Å². The molecule has 2 N–H and O–H groups in total. The van der Waals surface area contributed by atoms with E-state index in [9.17, 15) is 0 Å². The normalized spacial score (nSPS) is 15.1. The molecule has 0 amide bonds. The van der Waals surface area contributed by atoms with Gasteiger partial charge in [0.15, 0.2) is 5.82 Å². The fourth-order valence-electron chi connectivity index (χ4n) is 2.82. The number of nitrogens with zero attached hydrogens (tertiary/aromatic N) is 3. The summed E-state index contributed by atoms with van der Waals surface area (Å²) in [5.74, 6) is 1.85. The average molecular weight is 359 g/mol. The smallest absolute Gasteiger partial charge is 0.259 e. The predicted octanol–water partition coefficient (Wildman–Crippen LogP) is 3.57. The third kappa shape index (κ3) is 3.23. The van der Waals surface area contributed by atoms with Gasteiger partial charge in [-0.05, 0) is 43.0 Å². The predicted molar refractivity (Wildman–Crippen MR) is 96.5 cm³/mol. The highest BCUT2D eigenvalue weighted by Gasteiger charge is 2.39. The molecule has 130 valence electrons. The van der Waals surface area contributed by atoms with Crippen molar-refractivity contribution in [3.8, 4) is 28.3 Å².